The Morgan fingerprint density at radius 2 is 1.00 bits per heavy atom. The van der Waals surface area contributed by atoms with E-state index in [1.165, 1.54) is 29.4 Å². The maximum Gasteiger partial charge on any atom is 0.335 e. The molecule has 0 unspecified atom stereocenters. The number of aryl methyl sites for hydroxylation is 2. The summed E-state index contributed by atoms with van der Waals surface area (Å²) >= 11 is 0. The van der Waals surface area contributed by atoms with Crippen molar-refractivity contribution in [3.8, 4) is 16.9 Å². The molecule has 0 aliphatic rings. The SMILES string of the molecule is C=CC(=O)OCCc1ccc(N(c2ccc(CCOC(=O)C=C)cc2)c2ccc(-c3ccc(OC(=O)C=C)cc3CCCC)c(CCCC)c2)cc1. The molecule has 0 radical (unpaired) electrons. The van der Waals surface area contributed by atoms with Crippen molar-refractivity contribution < 1.29 is 28.6 Å². The van der Waals surface area contributed by atoms with Crippen molar-refractivity contribution >= 4 is 35.0 Å². The van der Waals surface area contributed by atoms with E-state index in [9.17, 15) is 14.4 Å². The number of rotatable bonds is 20. The molecule has 7 nitrogen and oxygen atoms in total. The topological polar surface area (TPSA) is 82.1 Å². The quantitative estimate of drug-likeness (QED) is 0.0516. The maximum atomic E-state index is 12.0. The van der Waals surface area contributed by atoms with Gasteiger partial charge in [0.05, 0.1) is 13.2 Å². The summed E-state index contributed by atoms with van der Waals surface area (Å²) in [6, 6.07) is 29.1. The molecule has 0 atom stereocenters. The molecular formula is C45H49NO6. The molecule has 0 aliphatic heterocycles. The zero-order valence-electron chi connectivity index (χ0n) is 30.4. The molecule has 52 heavy (non-hydrogen) atoms. The number of carbonyl (C=O) groups is 3. The predicted octanol–water partition coefficient (Wildman–Crippen LogP) is 10.1. The van der Waals surface area contributed by atoms with Gasteiger partial charge in [0.15, 0.2) is 0 Å². The number of hydrogen-bond acceptors (Lipinski definition) is 7. The minimum Gasteiger partial charge on any atom is -0.462 e. The standard InChI is InChI=1S/C45H49NO6/c1-6-11-13-35-31-39(23-25-41(35)42-26-24-40(52-45(49)10-5)32-36(42)14-12-7-2)46(37-19-15-33(16-20-37)27-29-50-43(47)8-3)38-21-17-34(18-22-38)28-30-51-44(48)9-4/h8-10,15-26,31-32H,3-7,11-14,27-30H2,1-2H3. The summed E-state index contributed by atoms with van der Waals surface area (Å²) < 4.78 is 15.9. The summed E-state index contributed by atoms with van der Waals surface area (Å²) in [7, 11) is 0. The van der Waals surface area contributed by atoms with E-state index in [4.69, 9.17) is 14.2 Å². The highest BCUT2D eigenvalue weighted by Crippen LogP contribution is 2.39. The van der Waals surface area contributed by atoms with Gasteiger partial charge in [-0.15, -0.1) is 0 Å². The van der Waals surface area contributed by atoms with Crippen molar-refractivity contribution in [1.29, 1.82) is 0 Å². The van der Waals surface area contributed by atoms with Crippen LogP contribution in [0.1, 0.15) is 61.8 Å². The average molecular weight is 700 g/mol. The third-order valence-electron chi connectivity index (χ3n) is 8.69. The third kappa shape index (κ3) is 11.2. The van der Waals surface area contributed by atoms with Crippen molar-refractivity contribution in [1.82, 2.24) is 0 Å². The molecule has 4 rings (SSSR count). The number of nitrogens with zero attached hydrogens (tertiary/aromatic N) is 1. The van der Waals surface area contributed by atoms with Crippen LogP contribution in [0.25, 0.3) is 11.1 Å². The molecule has 7 heteroatoms. The Hall–Kier alpha value is -5.69. The number of benzene rings is 4. The number of esters is 3. The lowest BCUT2D eigenvalue weighted by Gasteiger charge is -2.27. The predicted molar refractivity (Wildman–Crippen MR) is 209 cm³/mol. The lowest BCUT2D eigenvalue weighted by atomic mass is 9.90. The molecule has 0 saturated carbocycles. The van der Waals surface area contributed by atoms with Gasteiger partial charge in [-0.05, 0) is 108 Å². The number of ether oxygens (including phenoxy) is 3. The molecule has 4 aromatic carbocycles. The first-order chi connectivity index (χ1) is 25.3. The smallest absolute Gasteiger partial charge is 0.335 e. The molecule has 0 heterocycles. The van der Waals surface area contributed by atoms with E-state index >= 15 is 0 Å². The molecule has 0 amide bonds. The van der Waals surface area contributed by atoms with Crippen LogP contribution in [-0.4, -0.2) is 31.1 Å². The summed E-state index contributed by atoms with van der Waals surface area (Å²) in [4.78, 5) is 37.3. The van der Waals surface area contributed by atoms with Crippen molar-refractivity contribution in [3.63, 3.8) is 0 Å². The Morgan fingerprint density at radius 3 is 1.46 bits per heavy atom. The van der Waals surface area contributed by atoms with Crippen LogP contribution < -0.4 is 9.64 Å². The molecule has 0 N–H and O–H groups in total. The van der Waals surface area contributed by atoms with Gasteiger partial charge in [0.25, 0.3) is 0 Å². The molecule has 0 aromatic heterocycles. The lowest BCUT2D eigenvalue weighted by molar-refractivity contribution is -0.138. The maximum absolute atomic E-state index is 12.0. The minimum atomic E-state index is -0.476. The second kappa shape index (κ2) is 20.2. The Bertz CT molecular complexity index is 1770. The van der Waals surface area contributed by atoms with Crippen molar-refractivity contribution in [2.75, 3.05) is 18.1 Å². The first kappa shape index (κ1) is 39.1. The van der Waals surface area contributed by atoms with Gasteiger partial charge in [0.1, 0.15) is 5.75 Å². The van der Waals surface area contributed by atoms with E-state index in [0.717, 1.165) is 77.8 Å². The third-order valence-corrected chi connectivity index (χ3v) is 8.69. The van der Waals surface area contributed by atoms with Gasteiger partial charge in [-0.25, -0.2) is 14.4 Å². The molecule has 270 valence electrons. The van der Waals surface area contributed by atoms with E-state index < -0.39 is 17.9 Å². The van der Waals surface area contributed by atoms with E-state index in [0.29, 0.717) is 18.6 Å². The highest BCUT2D eigenvalue weighted by atomic mass is 16.5. The largest absolute Gasteiger partial charge is 0.462 e. The molecule has 0 saturated heterocycles. The van der Waals surface area contributed by atoms with E-state index in [1.54, 1.807) is 0 Å². The Balaban J connectivity index is 1.76. The summed E-state index contributed by atoms with van der Waals surface area (Å²) in [5, 5.41) is 0. The second-order valence-electron chi connectivity index (χ2n) is 12.4. The van der Waals surface area contributed by atoms with Gasteiger partial charge in [0.2, 0.25) is 0 Å². The van der Waals surface area contributed by atoms with Gasteiger partial charge in [-0.3, -0.25) is 0 Å². The zero-order chi connectivity index (χ0) is 37.3. The van der Waals surface area contributed by atoms with Crippen molar-refractivity contribution in [2.24, 2.45) is 0 Å². The summed E-state index contributed by atoms with van der Waals surface area (Å²) in [6.07, 6.45) is 10.6. The van der Waals surface area contributed by atoms with E-state index in [2.05, 4.69) is 111 Å². The van der Waals surface area contributed by atoms with E-state index in [-0.39, 0.29) is 13.2 Å². The fourth-order valence-electron chi connectivity index (χ4n) is 5.91. The fourth-order valence-corrected chi connectivity index (χ4v) is 5.91. The van der Waals surface area contributed by atoms with Gasteiger partial charge in [0, 0.05) is 48.1 Å². The Morgan fingerprint density at radius 1 is 0.558 bits per heavy atom. The van der Waals surface area contributed by atoms with Crippen LogP contribution in [0.3, 0.4) is 0 Å². The van der Waals surface area contributed by atoms with Gasteiger partial charge in [-0.1, -0.05) is 82.8 Å². The normalized spacial score (nSPS) is 10.6. The number of hydrogen-bond donors (Lipinski definition) is 0. The minimum absolute atomic E-state index is 0.275. The molecule has 0 aliphatic carbocycles. The summed E-state index contributed by atoms with van der Waals surface area (Å²) in [5.74, 6) is -0.827. The van der Waals surface area contributed by atoms with Crippen molar-refractivity contribution in [3.05, 3.63) is 145 Å². The first-order valence-corrected chi connectivity index (χ1v) is 18.0. The van der Waals surface area contributed by atoms with Crippen LogP contribution >= 0.6 is 0 Å². The lowest BCUT2D eigenvalue weighted by Crippen LogP contribution is -2.11. The molecular weight excluding hydrogens is 650 g/mol. The monoisotopic (exact) mass is 699 g/mol. The summed E-state index contributed by atoms with van der Waals surface area (Å²) in [6.45, 7) is 15.4. The average Bonchev–Trinajstić information content (AvgIpc) is 3.17. The van der Waals surface area contributed by atoms with Crippen LogP contribution in [0, 0.1) is 0 Å². The highest BCUT2D eigenvalue weighted by Gasteiger charge is 2.18. The summed E-state index contributed by atoms with van der Waals surface area (Å²) in [5.41, 5.74) is 9.74. The fraction of sp³-hybridized carbons (Fsp3) is 0.267. The Kier molecular flexibility index (Phi) is 15.2. The highest BCUT2D eigenvalue weighted by molar-refractivity contribution is 5.84. The van der Waals surface area contributed by atoms with Crippen LogP contribution in [0.5, 0.6) is 5.75 Å². The van der Waals surface area contributed by atoms with Crippen molar-refractivity contribution in [2.45, 2.75) is 65.2 Å². The molecule has 0 bridgehead atoms. The van der Waals surface area contributed by atoms with Crippen LogP contribution in [0.4, 0.5) is 17.1 Å². The van der Waals surface area contributed by atoms with Crippen LogP contribution in [0.2, 0.25) is 0 Å². The van der Waals surface area contributed by atoms with Gasteiger partial charge < -0.3 is 19.1 Å². The number of unbranched alkanes of at least 4 members (excludes halogenated alkanes) is 2. The zero-order valence-corrected chi connectivity index (χ0v) is 30.4. The van der Waals surface area contributed by atoms with Gasteiger partial charge in [-0.2, -0.15) is 0 Å². The molecule has 0 fully saturated rings. The van der Waals surface area contributed by atoms with Crippen LogP contribution in [0.15, 0.2) is 123 Å². The van der Waals surface area contributed by atoms with Crippen LogP contribution in [-0.2, 0) is 49.5 Å². The number of anilines is 3. The second-order valence-corrected chi connectivity index (χ2v) is 12.4. The van der Waals surface area contributed by atoms with Gasteiger partial charge >= 0.3 is 17.9 Å². The van der Waals surface area contributed by atoms with E-state index in [1.807, 2.05) is 12.1 Å². The first-order valence-electron chi connectivity index (χ1n) is 18.0. The number of carbonyl (C=O) groups excluding carboxylic acids is 3. The molecule has 0 spiro atoms. The molecule has 4 aromatic rings. The Labute approximate surface area is 308 Å².